The highest BCUT2D eigenvalue weighted by atomic mass is 16.6. The third-order valence-corrected chi connectivity index (χ3v) is 5.86. The Morgan fingerprint density at radius 1 is 0.925 bits per heavy atom. The minimum atomic E-state index is -0.890. The van der Waals surface area contributed by atoms with E-state index < -0.39 is 23.5 Å². The van der Waals surface area contributed by atoms with Gasteiger partial charge in [0.2, 0.25) is 5.91 Å². The Kier molecular flexibility index (Phi) is 13.5. The van der Waals surface area contributed by atoms with Crippen molar-refractivity contribution < 1.29 is 43.2 Å². The number of ether oxygens (including phenoxy) is 5. The molecule has 0 bridgehead atoms. The molecule has 3 N–H and O–H groups in total. The van der Waals surface area contributed by atoms with Crippen molar-refractivity contribution in [3.05, 3.63) is 34.7 Å². The second-order valence-corrected chi connectivity index (χ2v) is 8.76. The molecule has 2 amide bonds. The normalized spacial score (nSPS) is 15.3. The van der Waals surface area contributed by atoms with Crippen molar-refractivity contribution in [2.75, 3.05) is 77.9 Å². The fourth-order valence-corrected chi connectivity index (χ4v) is 3.89. The standard InChI is InChI=1S/C26H36N4O10/c31-22-5-4-21(25(34)29-22)30-26(35)24-19(18-28-30)2-1-3-20(24)27-7-9-37-11-13-39-15-17-40-16-14-38-12-10-36-8-6-23(32)33/h1-3,18,21,27H,4-17H2,(H,32,33)(H,29,31,34). The van der Waals surface area contributed by atoms with Crippen LogP contribution in [0.4, 0.5) is 5.69 Å². The summed E-state index contributed by atoms with van der Waals surface area (Å²) in [6, 6.07) is 4.54. The Morgan fingerprint density at radius 2 is 1.52 bits per heavy atom. The van der Waals surface area contributed by atoms with E-state index in [1.165, 1.54) is 0 Å². The predicted octanol–water partition coefficient (Wildman–Crippen LogP) is 0.344. The van der Waals surface area contributed by atoms with Crippen LogP contribution in [-0.4, -0.2) is 105 Å². The van der Waals surface area contributed by atoms with Crippen molar-refractivity contribution in [3.63, 3.8) is 0 Å². The number of hydrogen-bond acceptors (Lipinski definition) is 11. The van der Waals surface area contributed by atoms with E-state index >= 15 is 0 Å². The number of rotatable bonds is 20. The van der Waals surface area contributed by atoms with Gasteiger partial charge in [-0.05, 0) is 12.5 Å². The lowest BCUT2D eigenvalue weighted by Crippen LogP contribution is -2.45. The number of imide groups is 1. The molecule has 2 heterocycles. The number of carboxylic acids is 1. The van der Waals surface area contributed by atoms with Crippen LogP contribution in [0.1, 0.15) is 25.3 Å². The molecule has 1 fully saturated rings. The Labute approximate surface area is 230 Å². The van der Waals surface area contributed by atoms with Crippen LogP contribution in [-0.2, 0) is 38.1 Å². The largest absolute Gasteiger partial charge is 0.481 e. The number of amides is 2. The van der Waals surface area contributed by atoms with Crippen molar-refractivity contribution in [2.45, 2.75) is 25.3 Å². The number of carbonyl (C=O) groups excluding carboxylic acids is 2. The van der Waals surface area contributed by atoms with Gasteiger partial charge in [-0.25, -0.2) is 4.68 Å². The summed E-state index contributed by atoms with van der Waals surface area (Å²) >= 11 is 0. The molecule has 40 heavy (non-hydrogen) atoms. The first kappa shape index (κ1) is 31.1. The highest BCUT2D eigenvalue weighted by Crippen LogP contribution is 2.21. The molecule has 220 valence electrons. The van der Waals surface area contributed by atoms with E-state index in [4.69, 9.17) is 28.8 Å². The topological polar surface area (TPSA) is 177 Å². The van der Waals surface area contributed by atoms with Gasteiger partial charge in [-0.3, -0.25) is 24.5 Å². The number of anilines is 1. The molecule has 1 unspecified atom stereocenters. The molecule has 0 saturated carbocycles. The molecule has 0 aliphatic carbocycles. The Morgan fingerprint density at radius 3 is 2.12 bits per heavy atom. The molecular weight excluding hydrogens is 528 g/mol. The molecule has 2 aromatic rings. The van der Waals surface area contributed by atoms with Crippen molar-refractivity contribution >= 4 is 34.2 Å². The summed E-state index contributed by atoms with van der Waals surface area (Å²) in [5.41, 5.74) is 0.206. The Hall–Kier alpha value is -3.43. The van der Waals surface area contributed by atoms with E-state index in [0.29, 0.717) is 82.5 Å². The Balaban J connectivity index is 1.25. The minimum absolute atomic E-state index is 0.0206. The molecule has 0 spiro atoms. The summed E-state index contributed by atoms with van der Waals surface area (Å²) in [4.78, 5) is 47.2. The van der Waals surface area contributed by atoms with Crippen molar-refractivity contribution in [3.8, 4) is 0 Å². The van der Waals surface area contributed by atoms with Crippen LogP contribution in [0.25, 0.3) is 10.8 Å². The zero-order valence-electron chi connectivity index (χ0n) is 22.3. The molecule has 1 aromatic heterocycles. The molecule has 1 aromatic carbocycles. The number of carboxylic acid groups (broad SMARTS) is 1. The number of fused-ring (bicyclic) bond motifs is 1. The molecule has 14 heteroatoms. The van der Waals surface area contributed by atoms with E-state index in [-0.39, 0.29) is 31.8 Å². The quantitative estimate of drug-likeness (QED) is 0.149. The van der Waals surface area contributed by atoms with Gasteiger partial charge in [0.15, 0.2) is 0 Å². The van der Waals surface area contributed by atoms with Gasteiger partial charge in [-0.1, -0.05) is 12.1 Å². The van der Waals surface area contributed by atoms with E-state index in [1.54, 1.807) is 18.3 Å². The molecular formula is C26H36N4O10. The van der Waals surface area contributed by atoms with Crippen LogP contribution in [0, 0.1) is 0 Å². The molecule has 1 aliphatic heterocycles. The predicted molar refractivity (Wildman–Crippen MR) is 142 cm³/mol. The molecule has 0 radical (unpaired) electrons. The third kappa shape index (κ3) is 10.3. The van der Waals surface area contributed by atoms with Gasteiger partial charge in [0.05, 0.1) is 84.1 Å². The summed E-state index contributed by atoms with van der Waals surface area (Å²) in [7, 11) is 0. The molecule has 14 nitrogen and oxygen atoms in total. The third-order valence-electron chi connectivity index (χ3n) is 5.86. The molecule has 1 atom stereocenters. The van der Waals surface area contributed by atoms with Crippen LogP contribution in [0.3, 0.4) is 0 Å². The summed E-state index contributed by atoms with van der Waals surface area (Å²) in [5.74, 6) is -1.77. The number of nitrogens with one attached hydrogen (secondary N) is 2. The highest BCUT2D eigenvalue weighted by Gasteiger charge is 2.30. The number of piperidine rings is 1. The maximum absolute atomic E-state index is 13.2. The SMILES string of the molecule is O=C(O)CCOCCOCCOCCOCCOCCNc1cccc2cnn(C3CCC(=O)NC3=O)c(=O)c12. The summed E-state index contributed by atoms with van der Waals surface area (Å²) in [6.45, 7) is 4.21. The van der Waals surface area contributed by atoms with Crippen LogP contribution >= 0.6 is 0 Å². The monoisotopic (exact) mass is 564 g/mol. The second kappa shape index (κ2) is 17.3. The minimum Gasteiger partial charge on any atom is -0.481 e. The van der Waals surface area contributed by atoms with E-state index in [2.05, 4.69) is 15.7 Å². The summed E-state index contributed by atoms with van der Waals surface area (Å²) in [5, 5.41) is 19.2. The Bertz CT molecular complexity index is 1170. The number of hydrogen-bond donors (Lipinski definition) is 3. The zero-order valence-corrected chi connectivity index (χ0v) is 22.3. The van der Waals surface area contributed by atoms with Gasteiger partial charge < -0.3 is 34.1 Å². The van der Waals surface area contributed by atoms with E-state index in [9.17, 15) is 19.2 Å². The zero-order chi connectivity index (χ0) is 28.6. The van der Waals surface area contributed by atoms with Gasteiger partial charge in [-0.2, -0.15) is 5.10 Å². The highest BCUT2D eigenvalue weighted by molar-refractivity contribution is 5.99. The number of benzene rings is 1. The van der Waals surface area contributed by atoms with Gasteiger partial charge in [0.1, 0.15) is 6.04 Å². The van der Waals surface area contributed by atoms with Crippen LogP contribution in [0.5, 0.6) is 0 Å². The van der Waals surface area contributed by atoms with Crippen molar-refractivity contribution in [1.82, 2.24) is 15.1 Å². The van der Waals surface area contributed by atoms with Crippen molar-refractivity contribution in [1.29, 1.82) is 0 Å². The lowest BCUT2D eigenvalue weighted by atomic mass is 10.1. The first-order chi connectivity index (χ1) is 19.5. The average Bonchev–Trinajstić information content (AvgIpc) is 2.93. The van der Waals surface area contributed by atoms with Gasteiger partial charge in [0, 0.05) is 24.0 Å². The average molecular weight is 565 g/mol. The van der Waals surface area contributed by atoms with Crippen molar-refractivity contribution in [2.24, 2.45) is 0 Å². The fourth-order valence-electron chi connectivity index (χ4n) is 3.89. The van der Waals surface area contributed by atoms with Crippen LogP contribution < -0.4 is 16.2 Å². The number of nitrogens with zero attached hydrogens (tertiary/aromatic N) is 2. The first-order valence-electron chi connectivity index (χ1n) is 13.2. The van der Waals surface area contributed by atoms with Crippen LogP contribution in [0.2, 0.25) is 0 Å². The van der Waals surface area contributed by atoms with E-state index in [1.807, 2.05) is 6.07 Å². The van der Waals surface area contributed by atoms with Crippen LogP contribution in [0.15, 0.2) is 29.2 Å². The van der Waals surface area contributed by atoms with Gasteiger partial charge >= 0.3 is 5.97 Å². The maximum Gasteiger partial charge on any atom is 0.305 e. The number of aliphatic carboxylic acids is 1. The van der Waals surface area contributed by atoms with E-state index in [0.717, 1.165) is 4.68 Å². The number of aromatic nitrogens is 2. The fraction of sp³-hybridized carbons (Fsp3) is 0.577. The maximum atomic E-state index is 13.2. The lowest BCUT2D eigenvalue weighted by molar-refractivity contribution is -0.138. The molecule has 1 saturated heterocycles. The van der Waals surface area contributed by atoms with Gasteiger partial charge in [-0.15, -0.1) is 0 Å². The van der Waals surface area contributed by atoms with Gasteiger partial charge in [0.25, 0.3) is 11.5 Å². The lowest BCUT2D eigenvalue weighted by Gasteiger charge is -2.22. The smallest absolute Gasteiger partial charge is 0.305 e. The first-order valence-corrected chi connectivity index (χ1v) is 13.2. The number of carbonyl (C=O) groups is 3. The summed E-state index contributed by atoms with van der Waals surface area (Å²) < 4.78 is 28.0. The molecule has 3 rings (SSSR count). The second-order valence-electron chi connectivity index (χ2n) is 8.76. The summed E-state index contributed by atoms with van der Waals surface area (Å²) in [6.07, 6.45) is 1.90. The molecule has 1 aliphatic rings.